The second kappa shape index (κ2) is 5.11. The third-order valence-corrected chi connectivity index (χ3v) is 3.84. The van der Waals surface area contributed by atoms with Crippen LogP contribution in [0.3, 0.4) is 0 Å². The summed E-state index contributed by atoms with van der Waals surface area (Å²) in [5, 5.41) is 13.4. The Hall–Kier alpha value is -2.94. The van der Waals surface area contributed by atoms with Crippen molar-refractivity contribution in [3.8, 4) is 11.3 Å². The third-order valence-electron chi connectivity index (χ3n) is 3.84. The van der Waals surface area contributed by atoms with Crippen LogP contribution >= 0.6 is 0 Å². The van der Waals surface area contributed by atoms with Crippen LogP contribution in [0.2, 0.25) is 0 Å². The number of benzene rings is 3. The minimum Gasteiger partial charge on any atom is -0.228 e. The first-order chi connectivity index (χ1) is 10.9. The van der Waals surface area contributed by atoms with E-state index in [4.69, 9.17) is 0 Å². The normalized spacial score (nSPS) is 11.7. The number of rotatable bonds is 2. The Balaban J connectivity index is 2.11. The van der Waals surface area contributed by atoms with Crippen LogP contribution in [0, 0.1) is 0 Å². The maximum Gasteiger partial charge on any atom is 0.114 e. The summed E-state index contributed by atoms with van der Waals surface area (Å²) >= 11 is 0. The summed E-state index contributed by atoms with van der Waals surface area (Å²) in [4.78, 5) is 0. The summed E-state index contributed by atoms with van der Waals surface area (Å²) in [7, 11) is 0. The van der Waals surface area contributed by atoms with Gasteiger partial charge in [-0.3, -0.25) is 0 Å². The predicted octanol–water partition coefficient (Wildman–Crippen LogP) is 4.74. The van der Waals surface area contributed by atoms with Gasteiger partial charge in [0.2, 0.25) is 0 Å². The molecule has 4 rings (SSSR count). The van der Waals surface area contributed by atoms with E-state index in [9.17, 15) is 0 Å². The quantitative estimate of drug-likeness (QED) is 0.498. The number of aromatic nitrogens is 3. The van der Waals surface area contributed by atoms with Crippen molar-refractivity contribution in [1.29, 1.82) is 0 Å². The van der Waals surface area contributed by atoms with E-state index in [1.54, 1.807) is 4.68 Å². The van der Waals surface area contributed by atoms with Gasteiger partial charge in [-0.15, -0.1) is 5.10 Å². The van der Waals surface area contributed by atoms with Crippen LogP contribution in [0.4, 0.5) is 0 Å². The molecule has 3 heteroatoms. The molecule has 0 spiro atoms. The monoisotopic (exact) mass is 285 g/mol. The van der Waals surface area contributed by atoms with E-state index in [0.29, 0.717) is 0 Å². The van der Waals surface area contributed by atoms with E-state index in [1.165, 1.54) is 21.5 Å². The minimum absolute atomic E-state index is 0.895. The van der Waals surface area contributed by atoms with Crippen LogP contribution in [0.1, 0.15) is 6.92 Å². The van der Waals surface area contributed by atoms with Gasteiger partial charge in [0.1, 0.15) is 5.69 Å². The third kappa shape index (κ3) is 1.99. The summed E-state index contributed by atoms with van der Waals surface area (Å²) in [6.45, 7) is 1.97. The fraction of sp³-hybridized carbons (Fsp3) is 0.0526. The summed E-state index contributed by atoms with van der Waals surface area (Å²) in [6, 6.07) is 19.1. The first-order valence-electron chi connectivity index (χ1n) is 7.32. The molecule has 1 aromatic heterocycles. The van der Waals surface area contributed by atoms with Crippen LogP contribution in [-0.4, -0.2) is 15.0 Å². The van der Waals surface area contributed by atoms with Crippen molar-refractivity contribution in [1.82, 2.24) is 15.0 Å². The second-order valence-corrected chi connectivity index (χ2v) is 5.26. The Morgan fingerprint density at radius 1 is 0.909 bits per heavy atom. The lowest BCUT2D eigenvalue weighted by atomic mass is 9.95. The van der Waals surface area contributed by atoms with Gasteiger partial charge in [0.15, 0.2) is 0 Å². The van der Waals surface area contributed by atoms with Gasteiger partial charge in [0.25, 0.3) is 0 Å². The van der Waals surface area contributed by atoms with Crippen LogP contribution in [-0.2, 0) is 0 Å². The zero-order valence-corrected chi connectivity index (χ0v) is 12.3. The highest BCUT2D eigenvalue weighted by molar-refractivity contribution is 6.11. The Bertz CT molecular complexity index is 942. The minimum atomic E-state index is 0.895. The van der Waals surface area contributed by atoms with Gasteiger partial charge in [-0.25, -0.2) is 4.68 Å². The Kier molecular flexibility index (Phi) is 2.97. The fourth-order valence-electron chi connectivity index (χ4n) is 2.91. The van der Waals surface area contributed by atoms with Crippen molar-refractivity contribution in [3.05, 3.63) is 66.9 Å². The predicted molar refractivity (Wildman–Crippen MR) is 91.5 cm³/mol. The number of nitrogens with zero attached hydrogens (tertiary/aromatic N) is 3. The molecule has 1 heterocycles. The molecule has 0 unspecified atom stereocenters. The molecule has 0 amide bonds. The van der Waals surface area contributed by atoms with Gasteiger partial charge in [0.05, 0.1) is 6.20 Å². The van der Waals surface area contributed by atoms with Gasteiger partial charge >= 0.3 is 0 Å². The van der Waals surface area contributed by atoms with Crippen LogP contribution in [0.25, 0.3) is 39.0 Å². The summed E-state index contributed by atoms with van der Waals surface area (Å²) in [5.74, 6) is 0. The molecule has 0 saturated heterocycles. The van der Waals surface area contributed by atoms with Gasteiger partial charge in [0, 0.05) is 11.8 Å². The maximum atomic E-state index is 4.37. The van der Waals surface area contributed by atoms with E-state index in [2.05, 4.69) is 64.9 Å². The Labute approximate surface area is 128 Å². The maximum absolute atomic E-state index is 4.37. The van der Waals surface area contributed by atoms with Gasteiger partial charge in [-0.1, -0.05) is 59.8 Å². The molecule has 3 aromatic carbocycles. The topological polar surface area (TPSA) is 30.7 Å². The molecule has 0 fully saturated rings. The standard InChI is InChI=1S/C19H15N3/c1-2-11-22-13-18(20-21-22)19-16-9-5-3-7-14(16)12-15-8-4-6-10-17(15)19/h2-13H,1H3/b11-2+. The van der Waals surface area contributed by atoms with E-state index in [-0.39, 0.29) is 0 Å². The first kappa shape index (κ1) is 12.8. The molecule has 0 radical (unpaired) electrons. The number of hydrogen-bond donors (Lipinski definition) is 0. The largest absolute Gasteiger partial charge is 0.228 e. The van der Waals surface area contributed by atoms with Crippen molar-refractivity contribution in [3.63, 3.8) is 0 Å². The van der Waals surface area contributed by atoms with E-state index in [0.717, 1.165) is 11.3 Å². The lowest BCUT2D eigenvalue weighted by molar-refractivity contribution is 0.841. The van der Waals surface area contributed by atoms with Crippen molar-refractivity contribution >= 4 is 27.7 Å². The highest BCUT2D eigenvalue weighted by Gasteiger charge is 2.12. The van der Waals surface area contributed by atoms with Crippen LogP contribution in [0.15, 0.2) is 66.9 Å². The molecule has 0 aliphatic carbocycles. The molecular formula is C19H15N3. The number of fused-ring (bicyclic) bond motifs is 2. The first-order valence-corrected chi connectivity index (χ1v) is 7.32. The SMILES string of the molecule is C/C=C/n1cc(-c2c3ccccc3cc3ccccc23)nn1. The van der Waals surface area contributed by atoms with Gasteiger partial charge < -0.3 is 0 Å². The van der Waals surface area contributed by atoms with Crippen molar-refractivity contribution in [2.75, 3.05) is 0 Å². The van der Waals surface area contributed by atoms with Crippen LogP contribution in [0.5, 0.6) is 0 Å². The molecule has 106 valence electrons. The van der Waals surface area contributed by atoms with E-state index < -0.39 is 0 Å². The van der Waals surface area contributed by atoms with Gasteiger partial charge in [-0.05, 0) is 34.5 Å². The zero-order valence-electron chi connectivity index (χ0n) is 12.3. The smallest absolute Gasteiger partial charge is 0.114 e. The lowest BCUT2D eigenvalue weighted by Crippen LogP contribution is -1.85. The van der Waals surface area contributed by atoms with Crippen molar-refractivity contribution in [2.45, 2.75) is 6.92 Å². The molecule has 22 heavy (non-hydrogen) atoms. The molecule has 0 atom stereocenters. The second-order valence-electron chi connectivity index (χ2n) is 5.26. The average molecular weight is 285 g/mol. The number of hydrogen-bond acceptors (Lipinski definition) is 2. The highest BCUT2D eigenvalue weighted by Crippen LogP contribution is 2.35. The lowest BCUT2D eigenvalue weighted by Gasteiger charge is -2.09. The molecule has 4 aromatic rings. The average Bonchev–Trinajstić information content (AvgIpc) is 3.01. The molecule has 0 aliphatic heterocycles. The summed E-state index contributed by atoms with van der Waals surface area (Å²) in [6.07, 6.45) is 5.80. The van der Waals surface area contributed by atoms with E-state index >= 15 is 0 Å². The molecule has 3 nitrogen and oxygen atoms in total. The zero-order chi connectivity index (χ0) is 14.9. The fourth-order valence-corrected chi connectivity index (χ4v) is 2.91. The van der Waals surface area contributed by atoms with Crippen molar-refractivity contribution < 1.29 is 0 Å². The molecule has 0 aliphatic rings. The Morgan fingerprint density at radius 2 is 1.55 bits per heavy atom. The summed E-state index contributed by atoms with van der Waals surface area (Å²) in [5.41, 5.74) is 2.04. The van der Waals surface area contributed by atoms with Crippen LogP contribution < -0.4 is 0 Å². The number of allylic oxidation sites excluding steroid dienone is 1. The molecule has 0 saturated carbocycles. The molecule has 0 bridgehead atoms. The Morgan fingerprint density at radius 3 is 2.18 bits per heavy atom. The van der Waals surface area contributed by atoms with Crippen molar-refractivity contribution in [2.24, 2.45) is 0 Å². The highest BCUT2D eigenvalue weighted by atomic mass is 15.4. The molecule has 0 N–H and O–H groups in total. The molecular weight excluding hydrogens is 270 g/mol. The van der Waals surface area contributed by atoms with E-state index in [1.807, 2.05) is 25.4 Å². The summed E-state index contributed by atoms with van der Waals surface area (Å²) < 4.78 is 1.74. The van der Waals surface area contributed by atoms with Gasteiger partial charge in [-0.2, -0.15) is 0 Å².